The zero-order valence-electron chi connectivity index (χ0n) is 9.01. The first-order chi connectivity index (χ1) is 6.20. The zero-order chi connectivity index (χ0) is 10.1. The van der Waals surface area contributed by atoms with Crippen molar-refractivity contribution in [1.29, 1.82) is 0 Å². The predicted octanol–water partition coefficient (Wildman–Crippen LogP) is 1.32. The average molecular weight is 187 g/mol. The Morgan fingerprint density at radius 3 is 2.15 bits per heavy atom. The van der Waals surface area contributed by atoms with Crippen molar-refractivity contribution in [1.82, 2.24) is 4.90 Å². The molecule has 0 aliphatic carbocycles. The van der Waals surface area contributed by atoms with Gasteiger partial charge in [0.05, 0.1) is 19.8 Å². The molecule has 0 aromatic carbocycles. The van der Waals surface area contributed by atoms with E-state index in [0.29, 0.717) is 6.54 Å². The number of carbonyl (C=O) groups is 1. The number of hydrogen-bond donors (Lipinski definition) is 0. The maximum atomic E-state index is 10.6. The second-order valence-electron chi connectivity index (χ2n) is 3.30. The molecule has 1 aliphatic rings. The third kappa shape index (κ3) is 7.94. The van der Waals surface area contributed by atoms with Crippen molar-refractivity contribution in [2.75, 3.05) is 32.8 Å². The fraction of sp³-hybridized carbons (Fsp3) is 0.900. The van der Waals surface area contributed by atoms with Gasteiger partial charge in [-0.15, -0.1) is 0 Å². The summed E-state index contributed by atoms with van der Waals surface area (Å²) in [7, 11) is 0. The molecule has 0 amide bonds. The van der Waals surface area contributed by atoms with Crippen molar-refractivity contribution >= 4 is 5.78 Å². The Kier molecular flexibility index (Phi) is 7.94. The Hall–Kier alpha value is -0.410. The van der Waals surface area contributed by atoms with E-state index in [9.17, 15) is 4.79 Å². The van der Waals surface area contributed by atoms with Gasteiger partial charge in [0.1, 0.15) is 5.78 Å². The standard InChI is InChI=1S/C7H13NO2.C3H8/c1-7(9)6-8-2-4-10-5-3-8;1-3-2/h2-6H2,1H3;3H2,1-2H3. The highest BCUT2D eigenvalue weighted by atomic mass is 16.5. The first-order valence-electron chi connectivity index (χ1n) is 5.00. The van der Waals surface area contributed by atoms with E-state index in [-0.39, 0.29) is 5.78 Å². The minimum absolute atomic E-state index is 0.238. The van der Waals surface area contributed by atoms with Crippen molar-refractivity contribution in [3.05, 3.63) is 0 Å². The second kappa shape index (κ2) is 8.20. The molecule has 1 saturated heterocycles. The molecule has 1 fully saturated rings. The summed E-state index contributed by atoms with van der Waals surface area (Å²) >= 11 is 0. The Morgan fingerprint density at radius 1 is 1.31 bits per heavy atom. The molecule has 0 unspecified atom stereocenters. The number of nitrogens with zero attached hydrogens (tertiary/aromatic N) is 1. The van der Waals surface area contributed by atoms with Crippen molar-refractivity contribution in [3.8, 4) is 0 Å². The van der Waals surface area contributed by atoms with Crippen molar-refractivity contribution in [2.45, 2.75) is 27.2 Å². The molecule has 0 radical (unpaired) electrons. The number of rotatable bonds is 2. The SMILES string of the molecule is CC(=O)CN1CCOCC1.CCC. The van der Waals surface area contributed by atoms with Gasteiger partial charge < -0.3 is 4.74 Å². The molecule has 1 rings (SSSR count). The molecule has 3 heteroatoms. The number of ketones is 1. The van der Waals surface area contributed by atoms with Crippen LogP contribution in [0.4, 0.5) is 0 Å². The smallest absolute Gasteiger partial charge is 0.143 e. The molecule has 0 aromatic heterocycles. The minimum atomic E-state index is 0.238. The van der Waals surface area contributed by atoms with Crippen molar-refractivity contribution in [3.63, 3.8) is 0 Å². The van der Waals surface area contributed by atoms with Crippen LogP contribution >= 0.6 is 0 Å². The van der Waals surface area contributed by atoms with E-state index in [1.807, 2.05) is 0 Å². The zero-order valence-corrected chi connectivity index (χ0v) is 9.01. The summed E-state index contributed by atoms with van der Waals surface area (Å²) in [6, 6.07) is 0. The summed E-state index contributed by atoms with van der Waals surface area (Å²) in [6.45, 7) is 9.80. The average Bonchev–Trinajstić information content (AvgIpc) is 2.06. The Balaban J connectivity index is 0.000000424. The molecule has 78 valence electrons. The molecule has 1 heterocycles. The molecule has 0 saturated carbocycles. The fourth-order valence-electron chi connectivity index (χ4n) is 1.07. The highest BCUT2D eigenvalue weighted by Crippen LogP contribution is 1.95. The first kappa shape index (κ1) is 12.6. The molecule has 0 spiro atoms. The fourth-order valence-corrected chi connectivity index (χ4v) is 1.07. The van der Waals surface area contributed by atoms with E-state index >= 15 is 0 Å². The van der Waals surface area contributed by atoms with Gasteiger partial charge in [0.2, 0.25) is 0 Å². The Bertz CT molecular complexity index is 131. The van der Waals surface area contributed by atoms with E-state index in [1.54, 1.807) is 6.92 Å². The highest BCUT2D eigenvalue weighted by molar-refractivity contribution is 5.77. The van der Waals surface area contributed by atoms with Gasteiger partial charge in [-0.25, -0.2) is 0 Å². The maximum absolute atomic E-state index is 10.6. The second-order valence-corrected chi connectivity index (χ2v) is 3.30. The van der Waals surface area contributed by atoms with Crippen LogP contribution in [0.3, 0.4) is 0 Å². The molecular weight excluding hydrogens is 166 g/mol. The Labute approximate surface area is 81.1 Å². The lowest BCUT2D eigenvalue weighted by molar-refractivity contribution is -0.119. The number of morpholine rings is 1. The summed E-state index contributed by atoms with van der Waals surface area (Å²) in [6.07, 6.45) is 1.25. The lowest BCUT2D eigenvalue weighted by atomic mass is 10.3. The van der Waals surface area contributed by atoms with Crippen LogP contribution in [0.2, 0.25) is 0 Å². The van der Waals surface area contributed by atoms with E-state index in [1.165, 1.54) is 6.42 Å². The summed E-state index contributed by atoms with van der Waals surface area (Å²) < 4.78 is 5.13. The molecular formula is C10H21NO2. The summed E-state index contributed by atoms with van der Waals surface area (Å²) in [5, 5.41) is 0. The van der Waals surface area contributed by atoms with Crippen molar-refractivity contribution in [2.24, 2.45) is 0 Å². The third-order valence-corrected chi connectivity index (χ3v) is 1.55. The van der Waals surface area contributed by atoms with Crippen LogP contribution in [-0.4, -0.2) is 43.5 Å². The summed E-state index contributed by atoms with van der Waals surface area (Å²) in [4.78, 5) is 12.7. The Morgan fingerprint density at radius 2 is 1.77 bits per heavy atom. The van der Waals surface area contributed by atoms with Gasteiger partial charge in [-0.05, 0) is 6.92 Å². The van der Waals surface area contributed by atoms with Crippen LogP contribution in [0.15, 0.2) is 0 Å². The highest BCUT2D eigenvalue weighted by Gasteiger charge is 2.10. The number of carbonyl (C=O) groups excluding carboxylic acids is 1. The lowest BCUT2D eigenvalue weighted by Crippen LogP contribution is -2.38. The first-order valence-corrected chi connectivity index (χ1v) is 5.00. The van der Waals surface area contributed by atoms with Crippen LogP contribution in [0, 0.1) is 0 Å². The predicted molar refractivity (Wildman–Crippen MR) is 53.9 cm³/mol. The normalized spacial score (nSPS) is 17.5. The number of Topliss-reactive ketones (excluding diaryl/α,β-unsaturated/α-hetero) is 1. The molecule has 1 aliphatic heterocycles. The number of hydrogen-bond acceptors (Lipinski definition) is 3. The number of ether oxygens (including phenoxy) is 1. The van der Waals surface area contributed by atoms with Crippen LogP contribution in [0.25, 0.3) is 0 Å². The van der Waals surface area contributed by atoms with E-state index < -0.39 is 0 Å². The molecule has 13 heavy (non-hydrogen) atoms. The molecule has 3 nitrogen and oxygen atoms in total. The van der Waals surface area contributed by atoms with Gasteiger partial charge in [0, 0.05) is 13.1 Å². The van der Waals surface area contributed by atoms with Gasteiger partial charge in [-0.3, -0.25) is 9.69 Å². The third-order valence-electron chi connectivity index (χ3n) is 1.55. The lowest BCUT2D eigenvalue weighted by Gasteiger charge is -2.25. The molecule has 0 bridgehead atoms. The minimum Gasteiger partial charge on any atom is -0.379 e. The quantitative estimate of drug-likeness (QED) is 0.653. The summed E-state index contributed by atoms with van der Waals surface area (Å²) in [5.41, 5.74) is 0. The molecule has 0 atom stereocenters. The van der Waals surface area contributed by atoms with E-state index in [2.05, 4.69) is 18.7 Å². The van der Waals surface area contributed by atoms with Gasteiger partial charge in [-0.1, -0.05) is 20.3 Å². The van der Waals surface area contributed by atoms with E-state index in [0.717, 1.165) is 26.3 Å². The van der Waals surface area contributed by atoms with Gasteiger partial charge >= 0.3 is 0 Å². The molecule has 0 N–H and O–H groups in total. The topological polar surface area (TPSA) is 29.5 Å². The van der Waals surface area contributed by atoms with Gasteiger partial charge in [0.15, 0.2) is 0 Å². The monoisotopic (exact) mass is 187 g/mol. The van der Waals surface area contributed by atoms with Gasteiger partial charge in [0.25, 0.3) is 0 Å². The maximum Gasteiger partial charge on any atom is 0.143 e. The van der Waals surface area contributed by atoms with Crippen molar-refractivity contribution < 1.29 is 9.53 Å². The van der Waals surface area contributed by atoms with Crippen LogP contribution < -0.4 is 0 Å². The summed E-state index contributed by atoms with van der Waals surface area (Å²) in [5.74, 6) is 0.238. The van der Waals surface area contributed by atoms with Gasteiger partial charge in [-0.2, -0.15) is 0 Å². The van der Waals surface area contributed by atoms with Crippen LogP contribution in [0.1, 0.15) is 27.2 Å². The largest absolute Gasteiger partial charge is 0.379 e. The van der Waals surface area contributed by atoms with Crippen LogP contribution in [-0.2, 0) is 9.53 Å². The van der Waals surface area contributed by atoms with Crippen LogP contribution in [0.5, 0.6) is 0 Å². The van der Waals surface area contributed by atoms with E-state index in [4.69, 9.17) is 4.74 Å². The molecule has 0 aromatic rings.